The van der Waals surface area contributed by atoms with Gasteiger partial charge in [-0.15, -0.1) is 0 Å². The number of carbonyl (C=O) groups excluding carboxylic acids is 3. The van der Waals surface area contributed by atoms with Crippen LogP contribution >= 0.6 is 0 Å². The first kappa shape index (κ1) is 24.3. The van der Waals surface area contributed by atoms with Gasteiger partial charge in [-0.25, -0.2) is 0 Å². The number of hydrogen-bond donors (Lipinski definition) is 3. The Balaban J connectivity index is 1.47. The fraction of sp³-hybridized carbons (Fsp3) is 0.400. The third-order valence-corrected chi connectivity index (χ3v) is 5.67. The lowest BCUT2D eigenvalue weighted by Gasteiger charge is -2.31. The Hall–Kier alpha value is -3.39. The Bertz CT molecular complexity index is 961. The number of para-hydroxylation sites is 2. The molecule has 3 N–H and O–H groups in total. The van der Waals surface area contributed by atoms with Crippen LogP contribution in [0, 0.1) is 5.92 Å². The monoisotopic (exact) mass is 452 g/mol. The molecule has 8 nitrogen and oxygen atoms in total. The molecule has 176 valence electrons. The van der Waals surface area contributed by atoms with E-state index < -0.39 is 0 Å². The molecule has 2 aromatic carbocycles. The maximum absolute atomic E-state index is 12.5. The number of benzene rings is 2. The Labute approximate surface area is 194 Å². The summed E-state index contributed by atoms with van der Waals surface area (Å²) < 4.78 is 5.25. The summed E-state index contributed by atoms with van der Waals surface area (Å²) in [5.74, 6) is 0.323. The molecule has 1 fully saturated rings. The number of likely N-dealkylation sites (tertiary alicyclic amines) is 1. The van der Waals surface area contributed by atoms with Crippen LogP contribution in [0.4, 0.5) is 11.4 Å². The number of ether oxygens (including phenoxy) is 1. The minimum absolute atomic E-state index is 0.00342. The van der Waals surface area contributed by atoms with Gasteiger partial charge in [0.2, 0.25) is 11.8 Å². The molecule has 1 heterocycles. The number of anilines is 2. The number of rotatable bonds is 9. The fourth-order valence-electron chi connectivity index (χ4n) is 3.92. The molecular weight excluding hydrogens is 420 g/mol. The zero-order valence-corrected chi connectivity index (χ0v) is 19.2. The quantitative estimate of drug-likeness (QED) is 0.543. The minimum atomic E-state index is -0.260. The normalized spacial score (nSPS) is 16.0. The number of piperidine rings is 1. The predicted molar refractivity (Wildman–Crippen MR) is 128 cm³/mol. The van der Waals surface area contributed by atoms with E-state index >= 15 is 0 Å². The van der Waals surface area contributed by atoms with Gasteiger partial charge in [-0.05, 0) is 62.7 Å². The highest BCUT2D eigenvalue weighted by Crippen LogP contribution is 2.24. The number of nitrogens with zero attached hydrogens (tertiary/aromatic N) is 1. The van der Waals surface area contributed by atoms with Crippen molar-refractivity contribution < 1.29 is 19.1 Å². The topological polar surface area (TPSA) is 99.8 Å². The van der Waals surface area contributed by atoms with Gasteiger partial charge in [-0.2, -0.15) is 0 Å². The summed E-state index contributed by atoms with van der Waals surface area (Å²) in [6, 6.07) is 14.0. The van der Waals surface area contributed by atoms with Gasteiger partial charge in [-0.1, -0.05) is 12.1 Å². The summed E-state index contributed by atoms with van der Waals surface area (Å²) >= 11 is 0. The van der Waals surface area contributed by atoms with Gasteiger partial charge in [0.1, 0.15) is 5.75 Å². The van der Waals surface area contributed by atoms with Gasteiger partial charge in [0.15, 0.2) is 0 Å². The van der Waals surface area contributed by atoms with Crippen LogP contribution in [0.3, 0.4) is 0 Å². The molecule has 1 atom stereocenters. The SMILES string of the molecule is CCNC(=O)C1CCCN(CCC(=O)Nc2ccc(C(=O)Nc3ccccc3OC)cc2)C1. The average Bonchev–Trinajstić information content (AvgIpc) is 2.84. The van der Waals surface area contributed by atoms with Crippen molar-refractivity contribution in [1.82, 2.24) is 10.2 Å². The number of amides is 3. The van der Waals surface area contributed by atoms with E-state index in [0.717, 1.165) is 19.4 Å². The van der Waals surface area contributed by atoms with E-state index in [1.165, 1.54) is 0 Å². The van der Waals surface area contributed by atoms with E-state index in [9.17, 15) is 14.4 Å². The van der Waals surface area contributed by atoms with Crippen molar-refractivity contribution in [3.63, 3.8) is 0 Å². The molecule has 1 aliphatic heterocycles. The van der Waals surface area contributed by atoms with E-state index in [1.54, 1.807) is 43.5 Å². The Kier molecular flexibility index (Phi) is 8.83. The van der Waals surface area contributed by atoms with Gasteiger partial charge in [0.05, 0.1) is 18.7 Å². The van der Waals surface area contributed by atoms with Crippen LogP contribution in [0.1, 0.15) is 36.5 Å². The number of methoxy groups -OCH3 is 1. The number of carbonyl (C=O) groups is 3. The second kappa shape index (κ2) is 12.0. The molecule has 0 bridgehead atoms. The van der Waals surface area contributed by atoms with Crippen LogP contribution in [0.5, 0.6) is 5.75 Å². The molecule has 33 heavy (non-hydrogen) atoms. The molecule has 0 radical (unpaired) electrons. The first-order chi connectivity index (χ1) is 16.0. The molecule has 1 aliphatic rings. The maximum Gasteiger partial charge on any atom is 0.255 e. The second-order valence-electron chi connectivity index (χ2n) is 8.06. The largest absolute Gasteiger partial charge is 0.495 e. The van der Waals surface area contributed by atoms with E-state index in [0.29, 0.717) is 48.7 Å². The van der Waals surface area contributed by atoms with Crippen LogP contribution in [-0.4, -0.2) is 55.9 Å². The molecule has 0 spiro atoms. The van der Waals surface area contributed by atoms with Crippen molar-refractivity contribution in [3.05, 3.63) is 54.1 Å². The summed E-state index contributed by atoms with van der Waals surface area (Å²) in [7, 11) is 1.55. The summed E-state index contributed by atoms with van der Waals surface area (Å²) in [4.78, 5) is 39.2. The molecular formula is C25H32N4O4. The standard InChI is InChI=1S/C25H32N4O4/c1-3-26-24(31)19-7-6-15-29(17-19)16-14-23(30)27-20-12-10-18(11-13-20)25(32)28-21-8-4-5-9-22(21)33-2/h4-5,8-13,19H,3,6-7,14-17H2,1-2H3,(H,26,31)(H,27,30)(H,28,32). The van der Waals surface area contributed by atoms with Gasteiger partial charge in [0.25, 0.3) is 5.91 Å². The van der Waals surface area contributed by atoms with Gasteiger partial charge >= 0.3 is 0 Å². The van der Waals surface area contributed by atoms with Gasteiger partial charge in [-0.3, -0.25) is 14.4 Å². The Morgan fingerprint density at radius 1 is 1.06 bits per heavy atom. The summed E-state index contributed by atoms with van der Waals surface area (Å²) in [6.45, 7) is 4.76. The predicted octanol–water partition coefficient (Wildman–Crippen LogP) is 3.12. The molecule has 2 aromatic rings. The fourth-order valence-corrected chi connectivity index (χ4v) is 3.92. The van der Waals surface area contributed by atoms with Crippen molar-refractivity contribution in [3.8, 4) is 5.75 Å². The molecule has 3 rings (SSSR count). The van der Waals surface area contributed by atoms with Crippen molar-refractivity contribution >= 4 is 29.1 Å². The summed E-state index contributed by atoms with van der Waals surface area (Å²) in [5, 5.41) is 8.59. The highest BCUT2D eigenvalue weighted by molar-refractivity contribution is 6.05. The first-order valence-electron chi connectivity index (χ1n) is 11.3. The van der Waals surface area contributed by atoms with Crippen molar-refractivity contribution in [2.75, 3.05) is 43.9 Å². The van der Waals surface area contributed by atoms with Gasteiger partial charge < -0.3 is 25.6 Å². The molecule has 1 unspecified atom stereocenters. The zero-order chi connectivity index (χ0) is 23.6. The van der Waals surface area contributed by atoms with Crippen LogP contribution in [0.15, 0.2) is 48.5 Å². The van der Waals surface area contributed by atoms with E-state index in [2.05, 4.69) is 20.9 Å². The van der Waals surface area contributed by atoms with Crippen LogP contribution < -0.4 is 20.7 Å². The minimum Gasteiger partial charge on any atom is -0.495 e. The van der Waals surface area contributed by atoms with Gasteiger partial charge in [0, 0.05) is 37.3 Å². The molecule has 0 aromatic heterocycles. The zero-order valence-electron chi connectivity index (χ0n) is 19.2. The Morgan fingerprint density at radius 3 is 2.55 bits per heavy atom. The highest BCUT2D eigenvalue weighted by Gasteiger charge is 2.25. The maximum atomic E-state index is 12.5. The summed E-state index contributed by atoms with van der Waals surface area (Å²) in [5.41, 5.74) is 1.70. The van der Waals surface area contributed by atoms with Crippen molar-refractivity contribution in [2.24, 2.45) is 5.92 Å². The van der Waals surface area contributed by atoms with Crippen molar-refractivity contribution in [1.29, 1.82) is 0 Å². The van der Waals surface area contributed by atoms with E-state index in [1.807, 2.05) is 19.1 Å². The number of hydrogen-bond acceptors (Lipinski definition) is 5. The molecule has 0 saturated carbocycles. The van der Waals surface area contributed by atoms with Crippen LogP contribution in [-0.2, 0) is 9.59 Å². The molecule has 8 heteroatoms. The number of nitrogens with one attached hydrogen (secondary N) is 3. The third-order valence-electron chi connectivity index (χ3n) is 5.67. The molecule has 1 saturated heterocycles. The van der Waals surface area contributed by atoms with Crippen LogP contribution in [0.2, 0.25) is 0 Å². The lowest BCUT2D eigenvalue weighted by atomic mass is 9.97. The Morgan fingerprint density at radius 2 is 1.82 bits per heavy atom. The van der Waals surface area contributed by atoms with E-state index in [-0.39, 0.29) is 23.6 Å². The smallest absolute Gasteiger partial charge is 0.255 e. The van der Waals surface area contributed by atoms with E-state index in [4.69, 9.17) is 4.74 Å². The average molecular weight is 453 g/mol. The lowest BCUT2D eigenvalue weighted by Crippen LogP contribution is -2.43. The second-order valence-corrected chi connectivity index (χ2v) is 8.06. The van der Waals surface area contributed by atoms with Crippen molar-refractivity contribution in [2.45, 2.75) is 26.2 Å². The molecule has 3 amide bonds. The third kappa shape index (κ3) is 7.05. The molecule has 0 aliphatic carbocycles. The highest BCUT2D eigenvalue weighted by atomic mass is 16.5. The first-order valence-corrected chi connectivity index (χ1v) is 11.3. The lowest BCUT2D eigenvalue weighted by molar-refractivity contribution is -0.126. The summed E-state index contributed by atoms with van der Waals surface area (Å²) in [6.07, 6.45) is 2.20. The van der Waals surface area contributed by atoms with Crippen LogP contribution in [0.25, 0.3) is 0 Å².